The van der Waals surface area contributed by atoms with E-state index in [9.17, 15) is 4.79 Å². The van der Waals surface area contributed by atoms with Crippen LogP contribution in [-0.4, -0.2) is 49.7 Å². The van der Waals surface area contributed by atoms with E-state index in [-0.39, 0.29) is 5.91 Å². The first-order valence-corrected chi connectivity index (χ1v) is 7.09. The molecular weight excluding hydrogens is 256 g/mol. The fourth-order valence-corrected chi connectivity index (χ4v) is 2.47. The van der Waals surface area contributed by atoms with Gasteiger partial charge in [-0.2, -0.15) is 0 Å². The first-order chi connectivity index (χ1) is 9.70. The van der Waals surface area contributed by atoms with E-state index in [1.54, 1.807) is 7.11 Å². The van der Waals surface area contributed by atoms with E-state index < -0.39 is 0 Å². The average Bonchev–Trinajstić information content (AvgIpc) is 3.29. The lowest BCUT2D eigenvalue weighted by atomic mass is 10.1. The Balaban J connectivity index is 1.99. The van der Waals surface area contributed by atoms with Crippen LogP contribution in [0.1, 0.15) is 40.6 Å². The fourth-order valence-electron chi connectivity index (χ4n) is 2.47. The Labute approximate surface area is 118 Å². The van der Waals surface area contributed by atoms with Crippen molar-refractivity contribution in [2.75, 3.05) is 38.8 Å². The molecule has 0 unspecified atom stereocenters. The monoisotopic (exact) mass is 276 g/mol. The van der Waals surface area contributed by atoms with Crippen LogP contribution in [0.3, 0.4) is 0 Å². The van der Waals surface area contributed by atoms with E-state index in [2.05, 4.69) is 15.2 Å². The Kier molecular flexibility index (Phi) is 3.56. The summed E-state index contributed by atoms with van der Waals surface area (Å²) in [5.41, 5.74) is 1.53. The average molecular weight is 276 g/mol. The Morgan fingerprint density at radius 1 is 1.40 bits per heavy atom. The van der Waals surface area contributed by atoms with Gasteiger partial charge in [-0.1, -0.05) is 0 Å². The molecule has 108 valence electrons. The van der Waals surface area contributed by atoms with Crippen LogP contribution < -0.4 is 10.2 Å². The lowest BCUT2D eigenvalue weighted by Crippen LogP contribution is -2.36. The van der Waals surface area contributed by atoms with Gasteiger partial charge in [-0.15, -0.1) is 0 Å². The lowest BCUT2D eigenvalue weighted by molar-refractivity contribution is 0.0940. The second-order valence-corrected chi connectivity index (χ2v) is 5.43. The number of methoxy groups -OCH3 is 1. The Hall–Kier alpha value is -1.69. The van der Waals surface area contributed by atoms with Crippen LogP contribution >= 0.6 is 0 Å². The molecule has 2 aliphatic rings. The molecule has 0 spiro atoms. The Morgan fingerprint density at radius 2 is 2.20 bits per heavy atom. The molecule has 0 aromatic carbocycles. The van der Waals surface area contributed by atoms with Gasteiger partial charge in [-0.05, 0) is 19.3 Å². The van der Waals surface area contributed by atoms with Gasteiger partial charge in [0.2, 0.25) is 0 Å². The van der Waals surface area contributed by atoms with Gasteiger partial charge in [0.15, 0.2) is 0 Å². The lowest BCUT2D eigenvalue weighted by Gasteiger charge is -2.25. The van der Waals surface area contributed by atoms with E-state index in [4.69, 9.17) is 9.72 Å². The Bertz CT molecular complexity index is 528. The summed E-state index contributed by atoms with van der Waals surface area (Å²) in [4.78, 5) is 23.3. The van der Waals surface area contributed by atoms with Gasteiger partial charge >= 0.3 is 0 Å². The predicted octanol–water partition coefficient (Wildman–Crippen LogP) is 0.722. The predicted molar refractivity (Wildman–Crippen MR) is 75.2 cm³/mol. The third kappa shape index (κ3) is 2.47. The Morgan fingerprint density at radius 3 is 2.90 bits per heavy atom. The summed E-state index contributed by atoms with van der Waals surface area (Å²) in [6, 6.07) is 0. The highest BCUT2D eigenvalue weighted by molar-refractivity contribution is 5.96. The van der Waals surface area contributed by atoms with Crippen molar-refractivity contribution in [2.24, 2.45) is 0 Å². The van der Waals surface area contributed by atoms with Crippen LogP contribution in [0.2, 0.25) is 0 Å². The van der Waals surface area contributed by atoms with Crippen molar-refractivity contribution in [3.63, 3.8) is 0 Å². The number of aromatic nitrogens is 2. The number of carbonyl (C=O) groups is 1. The van der Waals surface area contributed by atoms with Crippen molar-refractivity contribution in [2.45, 2.75) is 25.2 Å². The minimum Gasteiger partial charge on any atom is -0.383 e. The summed E-state index contributed by atoms with van der Waals surface area (Å²) >= 11 is 0. The van der Waals surface area contributed by atoms with Gasteiger partial charge in [0, 0.05) is 38.7 Å². The van der Waals surface area contributed by atoms with Crippen LogP contribution in [-0.2, 0) is 11.2 Å². The molecule has 6 heteroatoms. The van der Waals surface area contributed by atoms with Crippen LogP contribution in [0.4, 0.5) is 5.82 Å². The van der Waals surface area contributed by atoms with Crippen molar-refractivity contribution in [3.8, 4) is 0 Å². The second kappa shape index (κ2) is 5.36. The fraction of sp³-hybridized carbons (Fsp3) is 0.643. The van der Waals surface area contributed by atoms with Gasteiger partial charge in [0.05, 0.1) is 6.61 Å². The molecule has 1 saturated carbocycles. The SMILES string of the molecule is COCCN(C)c1nc(C2CC2)nc2c1CCNC2=O. The highest BCUT2D eigenvalue weighted by Gasteiger charge is 2.31. The molecule has 1 fully saturated rings. The summed E-state index contributed by atoms with van der Waals surface area (Å²) < 4.78 is 5.12. The summed E-state index contributed by atoms with van der Waals surface area (Å²) in [6.07, 6.45) is 3.04. The first-order valence-electron chi connectivity index (χ1n) is 7.09. The zero-order valence-electron chi connectivity index (χ0n) is 12.0. The largest absolute Gasteiger partial charge is 0.383 e. The number of ether oxygens (including phenoxy) is 1. The topological polar surface area (TPSA) is 67.3 Å². The van der Waals surface area contributed by atoms with Crippen LogP contribution in [0.15, 0.2) is 0 Å². The number of rotatable bonds is 5. The number of carbonyl (C=O) groups excluding carboxylic acids is 1. The minimum absolute atomic E-state index is 0.0723. The zero-order chi connectivity index (χ0) is 14.1. The third-order valence-corrected chi connectivity index (χ3v) is 3.81. The second-order valence-electron chi connectivity index (χ2n) is 5.43. The van der Waals surface area contributed by atoms with Crippen LogP contribution in [0, 0.1) is 0 Å². The van der Waals surface area contributed by atoms with E-state index in [1.807, 2.05) is 7.05 Å². The highest BCUT2D eigenvalue weighted by atomic mass is 16.5. The molecule has 2 heterocycles. The first kappa shape index (κ1) is 13.3. The normalized spacial score (nSPS) is 17.6. The summed E-state index contributed by atoms with van der Waals surface area (Å²) in [6.45, 7) is 2.05. The number of hydrogen-bond donors (Lipinski definition) is 1. The molecule has 3 rings (SSSR count). The van der Waals surface area contributed by atoms with E-state index in [0.717, 1.165) is 43.0 Å². The molecule has 1 aromatic heterocycles. The molecule has 1 aromatic rings. The van der Waals surface area contributed by atoms with Crippen LogP contribution in [0.25, 0.3) is 0 Å². The summed E-state index contributed by atoms with van der Waals surface area (Å²) in [5.74, 6) is 2.07. The number of hydrogen-bond acceptors (Lipinski definition) is 5. The van der Waals surface area contributed by atoms with Crippen LogP contribution in [0.5, 0.6) is 0 Å². The molecule has 0 atom stereocenters. The molecule has 6 nitrogen and oxygen atoms in total. The molecule has 1 amide bonds. The standard InChI is InChI=1S/C14H20N4O2/c1-18(7-8-20-2)13-10-5-6-15-14(19)11(10)16-12(17-13)9-3-4-9/h9H,3-8H2,1-2H3,(H,15,19). The molecule has 1 aliphatic carbocycles. The van der Waals surface area contributed by atoms with Gasteiger partial charge < -0.3 is 15.0 Å². The van der Waals surface area contributed by atoms with Gasteiger partial charge in [0.1, 0.15) is 17.3 Å². The molecule has 0 saturated heterocycles. The van der Waals surface area contributed by atoms with Crippen molar-refractivity contribution < 1.29 is 9.53 Å². The van der Waals surface area contributed by atoms with Gasteiger partial charge in [-0.25, -0.2) is 9.97 Å². The van der Waals surface area contributed by atoms with Gasteiger partial charge in [-0.3, -0.25) is 4.79 Å². The number of nitrogens with zero attached hydrogens (tertiary/aromatic N) is 3. The van der Waals surface area contributed by atoms with E-state index >= 15 is 0 Å². The zero-order valence-corrected chi connectivity index (χ0v) is 12.0. The van der Waals surface area contributed by atoms with E-state index in [0.29, 0.717) is 24.8 Å². The minimum atomic E-state index is -0.0723. The summed E-state index contributed by atoms with van der Waals surface area (Å²) in [5, 5.41) is 2.86. The quantitative estimate of drug-likeness (QED) is 0.858. The molecule has 0 radical (unpaired) electrons. The van der Waals surface area contributed by atoms with Crippen molar-refractivity contribution >= 4 is 11.7 Å². The highest BCUT2D eigenvalue weighted by Crippen LogP contribution is 2.39. The number of nitrogens with one attached hydrogen (secondary N) is 1. The maximum Gasteiger partial charge on any atom is 0.270 e. The van der Waals surface area contributed by atoms with Gasteiger partial charge in [0.25, 0.3) is 5.91 Å². The molecule has 1 aliphatic heterocycles. The van der Waals surface area contributed by atoms with Crippen molar-refractivity contribution in [1.29, 1.82) is 0 Å². The molecular formula is C14H20N4O2. The summed E-state index contributed by atoms with van der Waals surface area (Å²) in [7, 11) is 3.68. The van der Waals surface area contributed by atoms with Crippen molar-refractivity contribution in [3.05, 3.63) is 17.1 Å². The van der Waals surface area contributed by atoms with Crippen molar-refractivity contribution in [1.82, 2.24) is 15.3 Å². The third-order valence-electron chi connectivity index (χ3n) is 3.81. The molecule has 0 bridgehead atoms. The maximum absolute atomic E-state index is 12.0. The molecule has 20 heavy (non-hydrogen) atoms. The number of amides is 1. The number of fused-ring (bicyclic) bond motifs is 1. The molecule has 1 N–H and O–H groups in total. The smallest absolute Gasteiger partial charge is 0.270 e. The number of likely N-dealkylation sites (N-methyl/N-ethyl adjacent to an activating group) is 1. The maximum atomic E-state index is 12.0. The van der Waals surface area contributed by atoms with E-state index in [1.165, 1.54) is 0 Å². The number of anilines is 1.